The third-order valence-corrected chi connectivity index (χ3v) is 4.41. The summed E-state index contributed by atoms with van der Waals surface area (Å²) in [6.45, 7) is 1.68. The van der Waals surface area contributed by atoms with Gasteiger partial charge in [0.05, 0.1) is 5.56 Å². The van der Waals surface area contributed by atoms with Gasteiger partial charge in [-0.2, -0.15) is 23.1 Å². The number of rotatable bonds is 5. The summed E-state index contributed by atoms with van der Waals surface area (Å²) in [5.41, 5.74) is 0.796. The van der Waals surface area contributed by atoms with Gasteiger partial charge in [0.2, 0.25) is 11.7 Å². The zero-order valence-corrected chi connectivity index (χ0v) is 16.8. The van der Waals surface area contributed by atoms with Crippen LogP contribution in [0.25, 0.3) is 22.8 Å². The van der Waals surface area contributed by atoms with Crippen LogP contribution >= 0.6 is 11.6 Å². The molecule has 0 radical (unpaired) electrons. The number of hydrogen-bond acceptors (Lipinski definition) is 6. The highest BCUT2D eigenvalue weighted by molar-refractivity contribution is 6.30. The number of aromatic nitrogens is 4. The number of benzene rings is 2. The Morgan fingerprint density at radius 2 is 1.68 bits per heavy atom. The fraction of sp³-hybridized carbons (Fsp3) is 0.143. The van der Waals surface area contributed by atoms with Crippen LogP contribution in [0.15, 0.2) is 59.1 Å². The minimum atomic E-state index is -4.46. The number of alkyl halides is 3. The van der Waals surface area contributed by atoms with Crippen molar-refractivity contribution in [1.82, 2.24) is 20.1 Å². The van der Waals surface area contributed by atoms with Gasteiger partial charge in [-0.3, -0.25) is 0 Å². The molecule has 0 spiro atoms. The molecule has 0 saturated heterocycles. The third kappa shape index (κ3) is 5.00. The molecule has 2 aromatic carbocycles. The summed E-state index contributed by atoms with van der Waals surface area (Å²) in [5.74, 6) is 0.838. The summed E-state index contributed by atoms with van der Waals surface area (Å²) in [6.07, 6.45) is -4.46. The topological polar surface area (TPSA) is 73.9 Å². The smallest absolute Gasteiger partial charge is 0.416 e. The first-order valence-corrected chi connectivity index (χ1v) is 9.40. The summed E-state index contributed by atoms with van der Waals surface area (Å²) in [5, 5.41) is 4.29. The van der Waals surface area contributed by atoms with E-state index in [0.717, 1.165) is 17.7 Å². The Balaban J connectivity index is 1.51. The molecule has 0 fully saturated rings. The predicted molar refractivity (Wildman–Crippen MR) is 106 cm³/mol. The van der Waals surface area contributed by atoms with Crippen LogP contribution in [0.1, 0.15) is 17.1 Å². The number of halogens is 4. The van der Waals surface area contributed by atoms with Gasteiger partial charge in [-0.15, -0.1) is 0 Å². The molecule has 4 rings (SSSR count). The monoisotopic (exact) mass is 446 g/mol. The molecule has 31 heavy (non-hydrogen) atoms. The molecule has 0 aliphatic rings. The van der Waals surface area contributed by atoms with Crippen molar-refractivity contribution in [3.05, 3.63) is 76.8 Å². The van der Waals surface area contributed by atoms with Crippen molar-refractivity contribution in [1.29, 1.82) is 0 Å². The maximum atomic E-state index is 12.9. The van der Waals surface area contributed by atoms with Crippen LogP contribution in [0, 0.1) is 6.92 Å². The van der Waals surface area contributed by atoms with Gasteiger partial charge in [0.15, 0.2) is 12.4 Å². The maximum Gasteiger partial charge on any atom is 0.416 e. The molecule has 0 aliphatic heterocycles. The molecular weight excluding hydrogens is 433 g/mol. The molecule has 0 bridgehead atoms. The van der Waals surface area contributed by atoms with Crippen LogP contribution in [-0.2, 0) is 12.8 Å². The molecule has 10 heteroatoms. The highest BCUT2D eigenvalue weighted by Gasteiger charge is 2.30. The van der Waals surface area contributed by atoms with E-state index < -0.39 is 11.7 Å². The van der Waals surface area contributed by atoms with Gasteiger partial charge in [0, 0.05) is 27.9 Å². The summed E-state index contributed by atoms with van der Waals surface area (Å²) >= 11 is 6.03. The average molecular weight is 447 g/mol. The van der Waals surface area contributed by atoms with E-state index in [-0.39, 0.29) is 29.8 Å². The second-order valence-corrected chi connectivity index (χ2v) is 7.00. The molecule has 0 atom stereocenters. The van der Waals surface area contributed by atoms with E-state index in [1.807, 2.05) is 6.07 Å². The van der Waals surface area contributed by atoms with Crippen LogP contribution in [0.3, 0.4) is 0 Å². The van der Waals surface area contributed by atoms with Crippen LogP contribution in [-0.4, -0.2) is 20.1 Å². The lowest BCUT2D eigenvalue weighted by Crippen LogP contribution is -2.04. The predicted octanol–water partition coefficient (Wildman–Crippen LogP) is 5.75. The quantitative estimate of drug-likeness (QED) is 0.388. The van der Waals surface area contributed by atoms with Crippen molar-refractivity contribution in [2.45, 2.75) is 19.7 Å². The van der Waals surface area contributed by atoms with Crippen LogP contribution in [0.4, 0.5) is 13.2 Å². The van der Waals surface area contributed by atoms with Gasteiger partial charge < -0.3 is 9.26 Å². The van der Waals surface area contributed by atoms with Crippen LogP contribution < -0.4 is 4.74 Å². The lowest BCUT2D eigenvalue weighted by Gasteiger charge is -2.07. The number of nitrogens with zero attached hydrogens (tertiary/aromatic N) is 4. The largest absolute Gasteiger partial charge is 0.467 e. The van der Waals surface area contributed by atoms with E-state index in [1.165, 1.54) is 12.1 Å². The molecule has 2 aromatic heterocycles. The standard InChI is InChI=1S/C21H14ClF3N4O2/c1-12-8-17(27-19(26-12)14-5-3-7-16(22)10-14)30-11-18-28-20(29-31-18)13-4-2-6-15(9-13)21(23,24)25/h2-10H,11H2,1H3. The maximum absolute atomic E-state index is 12.9. The molecule has 0 aliphatic carbocycles. The number of aryl methyl sites for hydroxylation is 1. The molecule has 0 saturated carbocycles. The minimum Gasteiger partial charge on any atom is -0.467 e. The molecule has 2 heterocycles. The van der Waals surface area contributed by atoms with Crippen molar-refractivity contribution in [2.75, 3.05) is 0 Å². The second kappa shape index (κ2) is 8.35. The first kappa shape index (κ1) is 20.8. The van der Waals surface area contributed by atoms with Crippen LogP contribution in [0.5, 0.6) is 5.88 Å². The Hall–Kier alpha value is -3.46. The highest BCUT2D eigenvalue weighted by Crippen LogP contribution is 2.31. The van der Waals surface area contributed by atoms with E-state index in [2.05, 4.69) is 20.1 Å². The lowest BCUT2D eigenvalue weighted by molar-refractivity contribution is -0.137. The summed E-state index contributed by atoms with van der Waals surface area (Å²) in [7, 11) is 0. The van der Waals surface area contributed by atoms with Crippen molar-refractivity contribution < 1.29 is 22.4 Å². The van der Waals surface area contributed by atoms with Crippen molar-refractivity contribution >= 4 is 11.6 Å². The normalized spacial score (nSPS) is 11.5. The fourth-order valence-corrected chi connectivity index (χ4v) is 2.96. The Labute approximate surface area is 179 Å². The SMILES string of the molecule is Cc1cc(OCc2nc(-c3cccc(C(F)(F)F)c3)no2)nc(-c2cccc(Cl)c2)n1. The fourth-order valence-electron chi connectivity index (χ4n) is 2.77. The van der Waals surface area contributed by atoms with Crippen molar-refractivity contribution in [3.8, 4) is 28.7 Å². The summed E-state index contributed by atoms with van der Waals surface area (Å²) < 4.78 is 49.4. The number of hydrogen-bond donors (Lipinski definition) is 0. The zero-order chi connectivity index (χ0) is 22.0. The van der Waals surface area contributed by atoms with E-state index in [1.54, 1.807) is 31.2 Å². The van der Waals surface area contributed by atoms with Gasteiger partial charge in [0.1, 0.15) is 0 Å². The molecule has 0 amide bonds. The highest BCUT2D eigenvalue weighted by atomic mass is 35.5. The average Bonchev–Trinajstić information content (AvgIpc) is 3.21. The Kier molecular flexibility index (Phi) is 5.60. The minimum absolute atomic E-state index is 0.0307. The second-order valence-electron chi connectivity index (χ2n) is 6.56. The van der Waals surface area contributed by atoms with Gasteiger partial charge in [-0.1, -0.05) is 41.0 Å². The third-order valence-electron chi connectivity index (χ3n) is 4.17. The van der Waals surface area contributed by atoms with Gasteiger partial charge in [-0.05, 0) is 31.2 Å². The van der Waals surface area contributed by atoms with Crippen molar-refractivity contribution in [2.24, 2.45) is 0 Å². The van der Waals surface area contributed by atoms with E-state index in [4.69, 9.17) is 20.9 Å². The number of ether oxygens (including phenoxy) is 1. The first-order valence-electron chi connectivity index (χ1n) is 9.02. The van der Waals surface area contributed by atoms with E-state index in [0.29, 0.717) is 16.5 Å². The Morgan fingerprint density at radius 1 is 0.935 bits per heavy atom. The van der Waals surface area contributed by atoms with E-state index in [9.17, 15) is 13.2 Å². The van der Waals surface area contributed by atoms with Gasteiger partial charge >= 0.3 is 6.18 Å². The van der Waals surface area contributed by atoms with Crippen LogP contribution in [0.2, 0.25) is 5.02 Å². The van der Waals surface area contributed by atoms with Gasteiger partial charge in [0.25, 0.3) is 5.89 Å². The van der Waals surface area contributed by atoms with E-state index >= 15 is 0 Å². The first-order chi connectivity index (χ1) is 14.8. The molecular formula is C21H14ClF3N4O2. The summed E-state index contributed by atoms with van der Waals surface area (Å²) in [6, 6.07) is 13.4. The zero-order valence-electron chi connectivity index (χ0n) is 16.0. The molecule has 4 aromatic rings. The Morgan fingerprint density at radius 3 is 2.42 bits per heavy atom. The van der Waals surface area contributed by atoms with Gasteiger partial charge in [-0.25, -0.2) is 4.98 Å². The van der Waals surface area contributed by atoms with Crippen molar-refractivity contribution in [3.63, 3.8) is 0 Å². The molecule has 158 valence electrons. The summed E-state index contributed by atoms with van der Waals surface area (Å²) in [4.78, 5) is 12.8. The molecule has 0 unspecified atom stereocenters. The lowest BCUT2D eigenvalue weighted by atomic mass is 10.1. The molecule has 0 N–H and O–H groups in total. The molecule has 6 nitrogen and oxygen atoms in total. The Bertz CT molecular complexity index is 1230.